The van der Waals surface area contributed by atoms with Crippen molar-refractivity contribution in [1.29, 1.82) is 0 Å². The average molecular weight is 294 g/mol. The molecular formula is C15H20ClN3O. The van der Waals surface area contributed by atoms with Gasteiger partial charge in [-0.3, -0.25) is 4.68 Å². The second-order valence-corrected chi connectivity index (χ2v) is 5.22. The molecule has 0 bridgehead atoms. The zero-order valence-corrected chi connectivity index (χ0v) is 13.0. The molecule has 0 aliphatic rings. The molecule has 1 aromatic heterocycles. The van der Waals surface area contributed by atoms with Gasteiger partial charge in [0, 0.05) is 23.8 Å². The van der Waals surface area contributed by atoms with Crippen molar-refractivity contribution in [3.63, 3.8) is 0 Å². The molecule has 1 unspecified atom stereocenters. The first-order chi connectivity index (χ1) is 9.51. The van der Waals surface area contributed by atoms with E-state index in [9.17, 15) is 0 Å². The lowest BCUT2D eigenvalue weighted by Gasteiger charge is -2.18. The Kier molecular flexibility index (Phi) is 4.55. The first kappa shape index (κ1) is 14.7. The molecule has 0 saturated heterocycles. The maximum absolute atomic E-state index is 6.07. The third-order valence-corrected chi connectivity index (χ3v) is 3.37. The van der Waals surface area contributed by atoms with E-state index in [4.69, 9.17) is 16.3 Å². The minimum Gasteiger partial charge on any atom is -0.492 e. The van der Waals surface area contributed by atoms with Crippen molar-refractivity contribution in [3.05, 3.63) is 40.7 Å². The van der Waals surface area contributed by atoms with Crippen LogP contribution in [0.4, 0.5) is 5.69 Å². The highest BCUT2D eigenvalue weighted by Gasteiger charge is 2.14. The van der Waals surface area contributed by atoms with E-state index in [0.29, 0.717) is 11.6 Å². The molecule has 4 nitrogen and oxygen atoms in total. The number of nitrogens with zero attached hydrogens (tertiary/aromatic N) is 2. The van der Waals surface area contributed by atoms with E-state index in [1.54, 1.807) is 0 Å². The van der Waals surface area contributed by atoms with Gasteiger partial charge in [-0.05, 0) is 39.0 Å². The Hall–Kier alpha value is -1.68. The van der Waals surface area contributed by atoms with Crippen molar-refractivity contribution in [2.45, 2.75) is 26.8 Å². The summed E-state index contributed by atoms with van der Waals surface area (Å²) in [5, 5.41) is 8.50. The second-order valence-electron chi connectivity index (χ2n) is 4.78. The molecule has 0 amide bonds. The van der Waals surface area contributed by atoms with E-state index in [1.807, 2.05) is 50.0 Å². The maximum atomic E-state index is 6.07. The van der Waals surface area contributed by atoms with Crippen LogP contribution in [-0.4, -0.2) is 16.4 Å². The van der Waals surface area contributed by atoms with Crippen molar-refractivity contribution in [2.24, 2.45) is 7.05 Å². The largest absolute Gasteiger partial charge is 0.492 e. The van der Waals surface area contributed by atoms with Crippen LogP contribution in [0.15, 0.2) is 24.4 Å². The van der Waals surface area contributed by atoms with E-state index in [-0.39, 0.29) is 6.04 Å². The molecule has 108 valence electrons. The second kappa shape index (κ2) is 6.18. The van der Waals surface area contributed by atoms with Crippen LogP contribution < -0.4 is 10.1 Å². The topological polar surface area (TPSA) is 39.1 Å². The maximum Gasteiger partial charge on any atom is 0.142 e. The summed E-state index contributed by atoms with van der Waals surface area (Å²) in [5.41, 5.74) is 3.08. The molecule has 1 atom stereocenters. The zero-order chi connectivity index (χ0) is 14.7. The van der Waals surface area contributed by atoms with Crippen LogP contribution >= 0.6 is 11.6 Å². The summed E-state index contributed by atoms with van der Waals surface area (Å²) in [5.74, 6) is 0.810. The first-order valence-corrected chi connectivity index (χ1v) is 7.08. The molecule has 20 heavy (non-hydrogen) atoms. The van der Waals surface area contributed by atoms with Gasteiger partial charge in [0.1, 0.15) is 5.75 Å². The normalized spacial score (nSPS) is 12.2. The van der Waals surface area contributed by atoms with Crippen molar-refractivity contribution >= 4 is 17.3 Å². The number of halogens is 1. The Morgan fingerprint density at radius 1 is 1.45 bits per heavy atom. The average Bonchev–Trinajstić information content (AvgIpc) is 2.72. The lowest BCUT2D eigenvalue weighted by molar-refractivity contribution is 0.341. The predicted octanol–water partition coefficient (Wildman–Crippen LogP) is 3.95. The number of ether oxygens (including phenoxy) is 1. The minimum absolute atomic E-state index is 0.126. The van der Waals surface area contributed by atoms with Crippen LogP contribution in [0.2, 0.25) is 5.02 Å². The monoisotopic (exact) mass is 293 g/mol. The fourth-order valence-corrected chi connectivity index (χ4v) is 2.42. The summed E-state index contributed by atoms with van der Waals surface area (Å²) >= 11 is 6.07. The van der Waals surface area contributed by atoms with E-state index >= 15 is 0 Å². The van der Waals surface area contributed by atoms with Gasteiger partial charge in [0.25, 0.3) is 0 Å². The molecule has 1 heterocycles. The Bertz CT molecular complexity index is 595. The summed E-state index contributed by atoms with van der Waals surface area (Å²) in [7, 11) is 1.92. The minimum atomic E-state index is 0.126. The van der Waals surface area contributed by atoms with Gasteiger partial charge in [0.15, 0.2) is 0 Å². The lowest BCUT2D eigenvalue weighted by atomic mass is 10.1. The zero-order valence-electron chi connectivity index (χ0n) is 12.3. The molecule has 0 aliphatic heterocycles. The number of aryl methyl sites for hydroxylation is 2. The lowest BCUT2D eigenvalue weighted by Crippen LogP contribution is -2.08. The van der Waals surface area contributed by atoms with Crippen LogP contribution in [0.3, 0.4) is 0 Å². The summed E-state index contributed by atoms with van der Waals surface area (Å²) in [6.45, 7) is 6.69. The van der Waals surface area contributed by atoms with Gasteiger partial charge in [-0.2, -0.15) is 5.10 Å². The van der Waals surface area contributed by atoms with Crippen LogP contribution in [0.5, 0.6) is 5.75 Å². The fraction of sp³-hybridized carbons (Fsp3) is 0.400. The number of anilines is 1. The predicted molar refractivity (Wildman–Crippen MR) is 82.6 cm³/mol. The van der Waals surface area contributed by atoms with Gasteiger partial charge < -0.3 is 10.1 Å². The molecule has 0 aliphatic carbocycles. The molecule has 1 N–H and O–H groups in total. The quantitative estimate of drug-likeness (QED) is 0.907. The Morgan fingerprint density at radius 2 is 2.20 bits per heavy atom. The Labute approximate surface area is 124 Å². The summed E-state index contributed by atoms with van der Waals surface area (Å²) < 4.78 is 7.45. The van der Waals surface area contributed by atoms with Crippen LogP contribution in [0.25, 0.3) is 0 Å². The van der Waals surface area contributed by atoms with E-state index < -0.39 is 0 Å². The van der Waals surface area contributed by atoms with Crippen molar-refractivity contribution < 1.29 is 4.74 Å². The molecule has 0 fully saturated rings. The molecule has 2 rings (SSSR count). The van der Waals surface area contributed by atoms with E-state index in [2.05, 4.69) is 17.3 Å². The summed E-state index contributed by atoms with van der Waals surface area (Å²) in [4.78, 5) is 0. The third-order valence-electron chi connectivity index (χ3n) is 3.13. The van der Waals surface area contributed by atoms with Gasteiger partial charge >= 0.3 is 0 Å². The van der Waals surface area contributed by atoms with E-state index in [1.165, 1.54) is 0 Å². The molecule has 0 spiro atoms. The van der Waals surface area contributed by atoms with Crippen LogP contribution in [0, 0.1) is 6.92 Å². The number of benzene rings is 1. The molecule has 5 heteroatoms. The van der Waals surface area contributed by atoms with Gasteiger partial charge in [-0.25, -0.2) is 0 Å². The molecular weight excluding hydrogens is 274 g/mol. The fourth-order valence-electron chi connectivity index (χ4n) is 2.25. The molecule has 1 aromatic carbocycles. The van der Waals surface area contributed by atoms with Gasteiger partial charge in [0.2, 0.25) is 0 Å². The first-order valence-electron chi connectivity index (χ1n) is 6.70. The highest BCUT2D eigenvalue weighted by atomic mass is 35.5. The van der Waals surface area contributed by atoms with Gasteiger partial charge in [-0.1, -0.05) is 11.6 Å². The summed E-state index contributed by atoms with van der Waals surface area (Å²) in [6, 6.07) is 5.73. The van der Waals surface area contributed by atoms with Crippen molar-refractivity contribution in [3.8, 4) is 5.75 Å². The van der Waals surface area contributed by atoms with Crippen molar-refractivity contribution in [2.75, 3.05) is 11.9 Å². The molecule has 0 radical (unpaired) electrons. The molecule has 0 saturated carbocycles. The van der Waals surface area contributed by atoms with E-state index in [0.717, 1.165) is 22.7 Å². The van der Waals surface area contributed by atoms with Gasteiger partial charge in [-0.15, -0.1) is 0 Å². The highest BCUT2D eigenvalue weighted by molar-refractivity contribution is 6.30. The van der Waals surface area contributed by atoms with Crippen LogP contribution in [0.1, 0.15) is 31.1 Å². The number of rotatable bonds is 5. The van der Waals surface area contributed by atoms with Crippen molar-refractivity contribution in [1.82, 2.24) is 9.78 Å². The SMILES string of the molecule is CCOc1ccc(Cl)cc1NC(C)c1cn(C)nc1C. The third kappa shape index (κ3) is 3.25. The Balaban J connectivity index is 2.24. The summed E-state index contributed by atoms with van der Waals surface area (Å²) in [6.07, 6.45) is 2.03. The number of nitrogens with one attached hydrogen (secondary N) is 1. The number of hydrogen-bond donors (Lipinski definition) is 1. The smallest absolute Gasteiger partial charge is 0.142 e. The number of aromatic nitrogens is 2. The highest BCUT2D eigenvalue weighted by Crippen LogP contribution is 2.31. The number of hydrogen-bond acceptors (Lipinski definition) is 3. The standard InChI is InChI=1S/C15H20ClN3O/c1-5-20-15-7-6-12(16)8-14(15)17-10(2)13-9-19(4)18-11(13)3/h6-10,17H,5H2,1-4H3. The molecule has 2 aromatic rings. The van der Waals surface area contributed by atoms with Gasteiger partial charge in [0.05, 0.1) is 24.0 Å². The van der Waals surface area contributed by atoms with Crippen LogP contribution in [-0.2, 0) is 7.05 Å². The Morgan fingerprint density at radius 3 is 2.80 bits per heavy atom.